The summed E-state index contributed by atoms with van der Waals surface area (Å²) in [5.74, 6) is -0.604. The van der Waals surface area contributed by atoms with Gasteiger partial charge in [0.1, 0.15) is 0 Å². The summed E-state index contributed by atoms with van der Waals surface area (Å²) in [5, 5.41) is 3.34. The lowest BCUT2D eigenvalue weighted by atomic mass is 9.86. The Morgan fingerprint density at radius 2 is 1.54 bits per heavy atom. The lowest BCUT2D eigenvalue weighted by molar-refractivity contribution is -0.116. The molecular formula is C20H22Cl2N2O2. The first kappa shape index (κ1) is 20.3. The van der Waals surface area contributed by atoms with Gasteiger partial charge in [0.05, 0.1) is 22.3 Å². The summed E-state index contributed by atoms with van der Waals surface area (Å²) in [4.78, 5) is 26.1. The van der Waals surface area contributed by atoms with Crippen molar-refractivity contribution < 1.29 is 9.59 Å². The zero-order valence-corrected chi connectivity index (χ0v) is 16.8. The van der Waals surface area contributed by atoms with Crippen molar-refractivity contribution in [3.05, 3.63) is 63.6 Å². The van der Waals surface area contributed by atoms with Crippen LogP contribution in [0.3, 0.4) is 0 Å². The fourth-order valence-corrected chi connectivity index (χ4v) is 2.91. The van der Waals surface area contributed by atoms with Gasteiger partial charge in [-0.25, -0.2) is 0 Å². The number of nitrogens with one attached hydrogen (secondary N) is 1. The molecule has 0 heterocycles. The predicted molar refractivity (Wildman–Crippen MR) is 107 cm³/mol. The second-order valence-electron chi connectivity index (χ2n) is 7.13. The standard InChI is InChI=1S/C20H22Cl2N2O2/c1-20(2,3)14-10-8-13(9-11-14)19(26)24(4)12-17(25)23-18-15(21)6-5-7-16(18)22/h5-11H,12H2,1-4H3,(H,23,25). The first-order chi connectivity index (χ1) is 12.1. The van der Waals surface area contributed by atoms with Crippen molar-refractivity contribution >= 4 is 40.7 Å². The fourth-order valence-electron chi connectivity index (χ4n) is 2.42. The van der Waals surface area contributed by atoms with Crippen LogP contribution in [0.5, 0.6) is 0 Å². The van der Waals surface area contributed by atoms with Crippen LogP contribution >= 0.6 is 23.2 Å². The molecule has 0 saturated heterocycles. The van der Waals surface area contributed by atoms with Crippen LogP contribution in [0, 0.1) is 0 Å². The number of benzene rings is 2. The van der Waals surface area contributed by atoms with Crippen molar-refractivity contribution in [3.8, 4) is 0 Å². The third kappa shape index (κ3) is 4.99. The Bertz CT molecular complexity index is 791. The zero-order valence-electron chi connectivity index (χ0n) is 15.3. The molecule has 0 aliphatic carbocycles. The highest BCUT2D eigenvalue weighted by Crippen LogP contribution is 2.29. The third-order valence-corrected chi connectivity index (χ3v) is 4.58. The molecule has 1 N–H and O–H groups in total. The first-order valence-corrected chi connectivity index (χ1v) is 8.95. The van der Waals surface area contributed by atoms with Crippen LogP contribution in [0.1, 0.15) is 36.7 Å². The van der Waals surface area contributed by atoms with Gasteiger partial charge in [-0.3, -0.25) is 9.59 Å². The van der Waals surface area contributed by atoms with E-state index in [1.807, 2.05) is 12.1 Å². The van der Waals surface area contributed by atoms with Crippen molar-refractivity contribution in [1.29, 1.82) is 0 Å². The van der Waals surface area contributed by atoms with Gasteiger partial charge in [-0.05, 0) is 35.2 Å². The minimum Gasteiger partial charge on any atom is -0.332 e. The molecule has 6 heteroatoms. The number of carbonyl (C=O) groups excluding carboxylic acids is 2. The number of likely N-dealkylation sites (N-methyl/N-ethyl adjacent to an activating group) is 1. The molecule has 0 unspecified atom stereocenters. The summed E-state index contributed by atoms with van der Waals surface area (Å²) in [6.45, 7) is 6.22. The van der Waals surface area contributed by atoms with Gasteiger partial charge in [0.15, 0.2) is 0 Å². The molecule has 2 aromatic rings. The largest absolute Gasteiger partial charge is 0.332 e. The van der Waals surface area contributed by atoms with Crippen LogP contribution in [0.25, 0.3) is 0 Å². The molecule has 0 aromatic heterocycles. The van der Waals surface area contributed by atoms with Crippen molar-refractivity contribution in [2.45, 2.75) is 26.2 Å². The molecule has 0 aliphatic heterocycles. The minimum absolute atomic E-state index is 0.0155. The van der Waals surface area contributed by atoms with Crippen LogP contribution in [0.15, 0.2) is 42.5 Å². The Labute approximate surface area is 164 Å². The lowest BCUT2D eigenvalue weighted by Crippen LogP contribution is -2.35. The molecule has 138 valence electrons. The van der Waals surface area contributed by atoms with Crippen LogP contribution < -0.4 is 5.32 Å². The van der Waals surface area contributed by atoms with Crippen molar-refractivity contribution in [3.63, 3.8) is 0 Å². The monoisotopic (exact) mass is 392 g/mol. The first-order valence-electron chi connectivity index (χ1n) is 8.19. The van der Waals surface area contributed by atoms with E-state index in [0.29, 0.717) is 21.3 Å². The van der Waals surface area contributed by atoms with Crippen molar-refractivity contribution in [2.75, 3.05) is 18.9 Å². The van der Waals surface area contributed by atoms with E-state index in [0.717, 1.165) is 5.56 Å². The van der Waals surface area contributed by atoms with Gasteiger partial charge in [-0.1, -0.05) is 62.2 Å². The van der Waals surface area contributed by atoms with Gasteiger partial charge in [0.25, 0.3) is 5.91 Å². The van der Waals surface area contributed by atoms with Crippen LogP contribution in [-0.4, -0.2) is 30.3 Å². The highest BCUT2D eigenvalue weighted by Gasteiger charge is 2.18. The smallest absolute Gasteiger partial charge is 0.254 e. The summed E-state index contributed by atoms with van der Waals surface area (Å²) < 4.78 is 0. The maximum absolute atomic E-state index is 12.5. The highest BCUT2D eigenvalue weighted by molar-refractivity contribution is 6.39. The van der Waals surface area contributed by atoms with E-state index in [4.69, 9.17) is 23.2 Å². The van der Waals surface area contributed by atoms with Gasteiger partial charge >= 0.3 is 0 Å². The molecule has 4 nitrogen and oxygen atoms in total. The number of hydrogen-bond donors (Lipinski definition) is 1. The number of rotatable bonds is 4. The van der Waals surface area contributed by atoms with Gasteiger partial charge in [0, 0.05) is 12.6 Å². The molecule has 0 spiro atoms. The molecule has 0 aliphatic rings. The predicted octanol–water partition coefficient (Wildman–Crippen LogP) is 5.00. The Morgan fingerprint density at radius 1 is 1.00 bits per heavy atom. The number of para-hydroxylation sites is 1. The van der Waals surface area contributed by atoms with E-state index in [-0.39, 0.29) is 23.8 Å². The Morgan fingerprint density at radius 3 is 2.04 bits per heavy atom. The molecule has 0 saturated carbocycles. The van der Waals surface area contributed by atoms with Gasteiger partial charge in [-0.15, -0.1) is 0 Å². The quantitative estimate of drug-likeness (QED) is 0.795. The number of anilines is 1. The number of nitrogens with zero attached hydrogens (tertiary/aromatic N) is 1. The molecule has 0 atom stereocenters. The van der Waals surface area contributed by atoms with Crippen LogP contribution in [-0.2, 0) is 10.2 Å². The summed E-state index contributed by atoms with van der Waals surface area (Å²) >= 11 is 12.1. The molecule has 0 fully saturated rings. The number of carbonyl (C=O) groups is 2. The average Bonchev–Trinajstić information content (AvgIpc) is 2.57. The minimum atomic E-state index is -0.373. The highest BCUT2D eigenvalue weighted by atomic mass is 35.5. The Kier molecular flexibility index (Phi) is 6.32. The van der Waals surface area contributed by atoms with Gasteiger partial charge < -0.3 is 10.2 Å². The molecule has 0 radical (unpaired) electrons. The normalized spacial score (nSPS) is 11.2. The maximum atomic E-state index is 12.5. The van der Waals surface area contributed by atoms with Gasteiger partial charge in [0.2, 0.25) is 5.91 Å². The zero-order chi connectivity index (χ0) is 19.5. The number of hydrogen-bond acceptors (Lipinski definition) is 2. The lowest BCUT2D eigenvalue weighted by Gasteiger charge is -2.20. The Balaban J connectivity index is 2.03. The van der Waals surface area contributed by atoms with E-state index >= 15 is 0 Å². The van der Waals surface area contributed by atoms with Crippen molar-refractivity contribution in [2.24, 2.45) is 0 Å². The molecular weight excluding hydrogens is 371 g/mol. The van der Waals surface area contributed by atoms with Crippen LogP contribution in [0.2, 0.25) is 10.0 Å². The summed E-state index contributed by atoms with van der Waals surface area (Å²) in [6, 6.07) is 12.4. The van der Waals surface area contributed by atoms with Gasteiger partial charge in [-0.2, -0.15) is 0 Å². The Hall–Kier alpha value is -2.04. The fraction of sp³-hybridized carbons (Fsp3) is 0.300. The van der Waals surface area contributed by atoms with E-state index < -0.39 is 0 Å². The molecule has 0 bridgehead atoms. The van der Waals surface area contributed by atoms with E-state index in [2.05, 4.69) is 26.1 Å². The van der Waals surface area contributed by atoms with E-state index in [9.17, 15) is 9.59 Å². The average molecular weight is 393 g/mol. The maximum Gasteiger partial charge on any atom is 0.254 e. The molecule has 26 heavy (non-hydrogen) atoms. The second-order valence-corrected chi connectivity index (χ2v) is 7.95. The number of amides is 2. The van der Waals surface area contributed by atoms with Crippen LogP contribution in [0.4, 0.5) is 5.69 Å². The topological polar surface area (TPSA) is 49.4 Å². The van der Waals surface area contributed by atoms with E-state index in [1.54, 1.807) is 37.4 Å². The third-order valence-electron chi connectivity index (χ3n) is 3.95. The van der Waals surface area contributed by atoms with Crippen molar-refractivity contribution in [1.82, 2.24) is 4.90 Å². The van der Waals surface area contributed by atoms with E-state index in [1.165, 1.54) is 4.90 Å². The summed E-state index contributed by atoms with van der Waals surface area (Å²) in [6.07, 6.45) is 0. The summed E-state index contributed by atoms with van der Waals surface area (Å²) in [7, 11) is 1.58. The second kappa shape index (κ2) is 8.11. The molecule has 2 rings (SSSR count). The molecule has 2 aromatic carbocycles. The summed E-state index contributed by atoms with van der Waals surface area (Å²) in [5.41, 5.74) is 2.03. The number of halogens is 2. The SMILES string of the molecule is CN(CC(=O)Nc1c(Cl)cccc1Cl)C(=O)c1ccc(C(C)(C)C)cc1. The molecule has 2 amide bonds.